The Balaban J connectivity index is 0. The third kappa shape index (κ3) is 4.51. The first-order valence-corrected chi connectivity index (χ1v) is 2.94. The van der Waals surface area contributed by atoms with Gasteiger partial charge in [-0.3, -0.25) is 0 Å². The minimum atomic E-state index is 0. The van der Waals surface area contributed by atoms with E-state index in [-0.39, 0.29) is 35.5 Å². The van der Waals surface area contributed by atoms with Crippen LogP contribution in [0.25, 0.3) is 0 Å². The summed E-state index contributed by atoms with van der Waals surface area (Å²) in [6.45, 7) is 0. The molecule has 11 heavy (non-hydrogen) atoms. The zero-order valence-electron chi connectivity index (χ0n) is 6.84. The fourth-order valence-electron chi connectivity index (χ4n) is 0.676. The van der Waals surface area contributed by atoms with E-state index in [1.54, 1.807) is 0 Å². The Bertz CT molecular complexity index is 177. The summed E-state index contributed by atoms with van der Waals surface area (Å²) < 4.78 is 0. The van der Waals surface area contributed by atoms with E-state index in [1.165, 1.54) is 5.69 Å². The van der Waals surface area contributed by atoms with Crippen molar-refractivity contribution in [2.45, 2.75) is 0 Å². The molecule has 0 saturated carbocycles. The predicted octanol–water partition coefficient (Wildman–Crippen LogP) is -1.82. The van der Waals surface area contributed by atoms with Crippen LogP contribution in [0.1, 0.15) is 0 Å². The number of nitrogens with zero attached hydrogens (tertiary/aromatic N) is 1. The van der Waals surface area contributed by atoms with Crippen molar-refractivity contribution in [2.24, 2.45) is 0 Å². The normalized spacial score (nSPS) is 7.45. The van der Waals surface area contributed by atoms with Crippen molar-refractivity contribution in [3.05, 3.63) is 30.3 Å². The second kappa shape index (κ2) is 6.77. The van der Waals surface area contributed by atoms with Gasteiger partial charge in [0.25, 0.3) is 0 Å². The van der Waals surface area contributed by atoms with Gasteiger partial charge in [-0.2, -0.15) is 18.2 Å². The second-order valence-electron chi connectivity index (χ2n) is 2.15. The number of anilines is 1. The van der Waals surface area contributed by atoms with E-state index in [4.69, 9.17) is 0 Å². The summed E-state index contributed by atoms with van der Waals surface area (Å²) in [5.41, 5.74) is 1.22. The van der Waals surface area contributed by atoms with Crippen molar-refractivity contribution in [2.75, 3.05) is 19.0 Å². The predicted molar refractivity (Wildman–Crippen MR) is 45.4 cm³/mol. The molecule has 0 heterocycles. The SMILES string of the molecule is CN(C)c1cc[c-]cc1.[Cl-].[Mg+2]. The summed E-state index contributed by atoms with van der Waals surface area (Å²) >= 11 is 0. The van der Waals surface area contributed by atoms with Gasteiger partial charge in [-0.15, -0.1) is 12.1 Å². The van der Waals surface area contributed by atoms with E-state index >= 15 is 0 Å². The van der Waals surface area contributed by atoms with Gasteiger partial charge >= 0.3 is 23.1 Å². The van der Waals surface area contributed by atoms with Crippen LogP contribution in [-0.4, -0.2) is 37.1 Å². The maximum Gasteiger partial charge on any atom is 2.00 e. The Labute approximate surface area is 90.3 Å². The van der Waals surface area contributed by atoms with Crippen LogP contribution in [-0.2, 0) is 0 Å². The first-order valence-electron chi connectivity index (χ1n) is 2.94. The molecule has 0 spiro atoms. The van der Waals surface area contributed by atoms with Crippen molar-refractivity contribution in [1.82, 2.24) is 0 Å². The van der Waals surface area contributed by atoms with Gasteiger partial charge in [-0.05, 0) is 0 Å². The fourth-order valence-corrected chi connectivity index (χ4v) is 0.676. The monoisotopic (exact) mass is 179 g/mol. The molecule has 0 saturated heterocycles. The first kappa shape index (κ1) is 13.7. The molecule has 0 amide bonds. The van der Waals surface area contributed by atoms with Crippen LogP contribution in [0.5, 0.6) is 0 Å². The topological polar surface area (TPSA) is 3.24 Å². The number of benzene rings is 1. The van der Waals surface area contributed by atoms with Gasteiger partial charge in [0, 0.05) is 14.1 Å². The van der Waals surface area contributed by atoms with E-state index in [9.17, 15) is 0 Å². The van der Waals surface area contributed by atoms with Gasteiger partial charge in [0.05, 0.1) is 0 Å². The van der Waals surface area contributed by atoms with Crippen LogP contribution in [0.15, 0.2) is 24.3 Å². The summed E-state index contributed by atoms with van der Waals surface area (Å²) in [6, 6.07) is 10.8. The van der Waals surface area contributed by atoms with Crippen molar-refractivity contribution in [3.8, 4) is 0 Å². The Morgan fingerprint density at radius 1 is 1.18 bits per heavy atom. The molecular weight excluding hydrogens is 170 g/mol. The number of halogens is 1. The third-order valence-electron chi connectivity index (χ3n) is 1.22. The van der Waals surface area contributed by atoms with E-state index in [0.29, 0.717) is 0 Å². The van der Waals surface area contributed by atoms with Gasteiger partial charge < -0.3 is 17.3 Å². The number of hydrogen-bond donors (Lipinski definition) is 0. The quantitative estimate of drug-likeness (QED) is 0.363. The van der Waals surface area contributed by atoms with E-state index in [2.05, 4.69) is 11.0 Å². The molecule has 0 N–H and O–H groups in total. The van der Waals surface area contributed by atoms with E-state index < -0.39 is 0 Å². The molecule has 0 fully saturated rings. The summed E-state index contributed by atoms with van der Waals surface area (Å²) in [6.07, 6.45) is 0. The van der Waals surface area contributed by atoms with Crippen LogP contribution < -0.4 is 17.3 Å². The molecule has 1 rings (SSSR count). The van der Waals surface area contributed by atoms with Gasteiger partial charge in [-0.1, -0.05) is 5.69 Å². The van der Waals surface area contributed by atoms with Crippen molar-refractivity contribution < 1.29 is 12.4 Å². The Morgan fingerprint density at radius 3 is 1.91 bits per heavy atom. The molecule has 0 aromatic heterocycles. The second-order valence-corrected chi connectivity index (χ2v) is 2.15. The summed E-state index contributed by atoms with van der Waals surface area (Å²) in [5.74, 6) is 0. The molecule has 1 nitrogen and oxygen atoms in total. The van der Waals surface area contributed by atoms with E-state index in [0.717, 1.165) is 0 Å². The van der Waals surface area contributed by atoms with Crippen molar-refractivity contribution >= 4 is 28.7 Å². The summed E-state index contributed by atoms with van der Waals surface area (Å²) in [5, 5.41) is 0. The first-order chi connectivity index (χ1) is 4.30. The Morgan fingerprint density at radius 2 is 1.64 bits per heavy atom. The van der Waals surface area contributed by atoms with Crippen molar-refractivity contribution in [1.29, 1.82) is 0 Å². The smallest absolute Gasteiger partial charge is 1.00 e. The molecule has 0 atom stereocenters. The van der Waals surface area contributed by atoms with Crippen molar-refractivity contribution in [3.63, 3.8) is 0 Å². The van der Waals surface area contributed by atoms with Crippen LogP contribution in [0.2, 0.25) is 0 Å². The average molecular weight is 180 g/mol. The van der Waals surface area contributed by atoms with Crippen LogP contribution in [0.3, 0.4) is 0 Å². The zero-order valence-corrected chi connectivity index (χ0v) is 9.01. The fraction of sp³-hybridized carbons (Fsp3) is 0.250. The molecule has 56 valence electrons. The standard InChI is InChI=1S/C8H10N.ClH.Mg/c1-9(2)8-6-4-3-5-7-8;;/h4-7H,1-2H3;1H;/q-1;;+2/p-1. The molecule has 0 radical (unpaired) electrons. The van der Waals surface area contributed by atoms with Gasteiger partial charge in [-0.25, -0.2) is 0 Å². The molecule has 3 heteroatoms. The largest absolute Gasteiger partial charge is 2.00 e. The summed E-state index contributed by atoms with van der Waals surface area (Å²) in [7, 11) is 4.05. The Hall–Kier alpha value is 0.0762. The van der Waals surface area contributed by atoms with Crippen LogP contribution in [0, 0.1) is 6.07 Å². The van der Waals surface area contributed by atoms with Crippen LogP contribution in [0.4, 0.5) is 5.69 Å². The molecule has 1 aromatic rings. The summed E-state index contributed by atoms with van der Waals surface area (Å²) in [4.78, 5) is 2.06. The molecule has 0 bridgehead atoms. The molecule has 0 aliphatic rings. The minimum Gasteiger partial charge on any atom is -1.00 e. The van der Waals surface area contributed by atoms with E-state index in [1.807, 2.05) is 38.4 Å². The molecule has 0 aliphatic carbocycles. The minimum absolute atomic E-state index is 0. The Kier molecular flexibility index (Phi) is 8.40. The molecule has 1 aromatic carbocycles. The number of rotatable bonds is 1. The molecular formula is C8H10ClMgN. The maximum atomic E-state index is 2.96. The maximum absolute atomic E-state index is 2.96. The number of hydrogen-bond acceptors (Lipinski definition) is 1. The van der Waals surface area contributed by atoms with Gasteiger partial charge in [0.2, 0.25) is 0 Å². The molecule has 0 unspecified atom stereocenters. The zero-order chi connectivity index (χ0) is 6.69. The third-order valence-corrected chi connectivity index (χ3v) is 1.22. The molecule has 0 aliphatic heterocycles. The van der Waals surface area contributed by atoms with Crippen LogP contribution >= 0.6 is 0 Å². The average Bonchev–Trinajstić information content (AvgIpc) is 1.90. The van der Waals surface area contributed by atoms with Gasteiger partial charge in [0.1, 0.15) is 0 Å². The van der Waals surface area contributed by atoms with Gasteiger partial charge in [0.15, 0.2) is 0 Å².